The van der Waals surface area contributed by atoms with Crippen molar-refractivity contribution in [1.29, 1.82) is 0 Å². The fourth-order valence-corrected chi connectivity index (χ4v) is 2.58. The van der Waals surface area contributed by atoms with Crippen LogP contribution in [0.25, 0.3) is 0 Å². The van der Waals surface area contributed by atoms with Crippen molar-refractivity contribution < 1.29 is 19.3 Å². The molecule has 0 amide bonds. The van der Waals surface area contributed by atoms with Gasteiger partial charge in [-0.2, -0.15) is 0 Å². The molecular formula is C13H17FO3. The zero-order valence-electron chi connectivity index (χ0n) is 9.80. The van der Waals surface area contributed by atoms with Gasteiger partial charge in [0.15, 0.2) is 0 Å². The monoisotopic (exact) mass is 240 g/mol. The fourth-order valence-electron chi connectivity index (χ4n) is 2.58. The molecule has 94 valence electrons. The Morgan fingerprint density at radius 2 is 2.00 bits per heavy atom. The predicted octanol–water partition coefficient (Wildman–Crippen LogP) is 2.26. The van der Waals surface area contributed by atoms with Gasteiger partial charge in [-0.25, -0.2) is 14.2 Å². The van der Waals surface area contributed by atoms with E-state index in [-0.39, 0.29) is 23.8 Å². The van der Waals surface area contributed by atoms with Crippen LogP contribution < -0.4 is 0 Å². The van der Waals surface area contributed by atoms with Gasteiger partial charge in [0.1, 0.15) is 5.82 Å². The van der Waals surface area contributed by atoms with Crippen LogP contribution >= 0.6 is 0 Å². The molecule has 0 aliphatic heterocycles. The van der Waals surface area contributed by atoms with Gasteiger partial charge in [-0.15, -0.1) is 0 Å². The summed E-state index contributed by atoms with van der Waals surface area (Å²) in [5.41, 5.74) is 0.959. The molecule has 17 heavy (non-hydrogen) atoms. The van der Waals surface area contributed by atoms with Crippen LogP contribution in [0.5, 0.6) is 0 Å². The number of rotatable bonds is 4. The Bertz CT molecular complexity index is 352. The zero-order valence-corrected chi connectivity index (χ0v) is 9.80. The van der Waals surface area contributed by atoms with Gasteiger partial charge in [-0.3, -0.25) is 0 Å². The maximum atomic E-state index is 12.9. The summed E-state index contributed by atoms with van der Waals surface area (Å²) in [6.07, 6.45) is 1.26. The van der Waals surface area contributed by atoms with Crippen LogP contribution in [0, 0.1) is 11.7 Å². The van der Waals surface area contributed by atoms with Crippen LogP contribution in [0.1, 0.15) is 24.3 Å². The summed E-state index contributed by atoms with van der Waals surface area (Å²) in [7, 11) is 1.47. The van der Waals surface area contributed by atoms with Gasteiger partial charge in [-0.1, -0.05) is 12.1 Å². The lowest BCUT2D eigenvalue weighted by Crippen LogP contribution is -2.20. The molecule has 1 N–H and O–H groups in total. The van der Waals surface area contributed by atoms with Gasteiger partial charge < -0.3 is 5.11 Å². The van der Waals surface area contributed by atoms with Crippen LogP contribution in [0.2, 0.25) is 0 Å². The van der Waals surface area contributed by atoms with E-state index in [0.29, 0.717) is 6.61 Å². The molecular weight excluding hydrogens is 223 g/mol. The summed E-state index contributed by atoms with van der Waals surface area (Å²) in [4.78, 5) is 9.56. The molecule has 1 saturated carbocycles. The third-order valence-electron chi connectivity index (χ3n) is 3.41. The number of hydrogen-bond donors (Lipinski definition) is 1. The highest BCUT2D eigenvalue weighted by atomic mass is 19.1. The highest BCUT2D eigenvalue weighted by molar-refractivity contribution is 5.24. The van der Waals surface area contributed by atoms with Crippen molar-refractivity contribution in [2.45, 2.75) is 24.9 Å². The molecule has 2 rings (SSSR count). The highest BCUT2D eigenvalue weighted by Crippen LogP contribution is 2.40. The van der Waals surface area contributed by atoms with Gasteiger partial charge in [0.25, 0.3) is 0 Å². The first-order valence-corrected chi connectivity index (χ1v) is 5.81. The molecule has 0 radical (unpaired) electrons. The number of aliphatic hydroxyl groups is 1. The Kier molecular flexibility index (Phi) is 4.10. The summed E-state index contributed by atoms with van der Waals surface area (Å²) in [5.74, 6) is -0.0351. The molecule has 3 nitrogen and oxygen atoms in total. The SMILES string of the molecule is COOCC1CCC(O)C1c1ccc(F)cc1. The maximum absolute atomic E-state index is 12.9. The van der Waals surface area contributed by atoms with Crippen molar-refractivity contribution >= 4 is 0 Å². The molecule has 0 bridgehead atoms. The number of halogens is 1. The Morgan fingerprint density at radius 3 is 2.65 bits per heavy atom. The summed E-state index contributed by atoms with van der Waals surface area (Å²) in [5, 5.41) is 9.99. The third-order valence-corrected chi connectivity index (χ3v) is 3.41. The molecule has 3 atom stereocenters. The van der Waals surface area contributed by atoms with E-state index in [1.807, 2.05) is 0 Å². The lowest BCUT2D eigenvalue weighted by Gasteiger charge is -2.21. The Hall–Kier alpha value is -0.970. The molecule has 0 saturated heterocycles. The van der Waals surface area contributed by atoms with Crippen molar-refractivity contribution in [3.05, 3.63) is 35.6 Å². The Balaban J connectivity index is 2.12. The molecule has 1 aliphatic rings. The van der Waals surface area contributed by atoms with Gasteiger partial charge in [0, 0.05) is 5.92 Å². The summed E-state index contributed by atoms with van der Waals surface area (Å²) in [6.45, 7) is 0.454. The second-order valence-electron chi connectivity index (χ2n) is 4.43. The summed E-state index contributed by atoms with van der Waals surface area (Å²) < 4.78 is 12.9. The fraction of sp³-hybridized carbons (Fsp3) is 0.538. The molecule has 0 heterocycles. The normalized spacial score (nSPS) is 28.5. The predicted molar refractivity (Wildman–Crippen MR) is 60.8 cm³/mol. The van der Waals surface area contributed by atoms with Crippen molar-refractivity contribution in [3.63, 3.8) is 0 Å². The Morgan fingerprint density at radius 1 is 1.29 bits per heavy atom. The van der Waals surface area contributed by atoms with Gasteiger partial charge >= 0.3 is 0 Å². The van der Waals surface area contributed by atoms with Crippen molar-refractivity contribution in [2.24, 2.45) is 5.92 Å². The minimum Gasteiger partial charge on any atom is -0.392 e. The quantitative estimate of drug-likeness (QED) is 0.648. The third kappa shape index (κ3) is 2.83. The number of hydrogen-bond acceptors (Lipinski definition) is 3. The first-order valence-electron chi connectivity index (χ1n) is 5.81. The average molecular weight is 240 g/mol. The maximum Gasteiger partial charge on any atom is 0.123 e. The number of benzene rings is 1. The van der Waals surface area contributed by atoms with Crippen LogP contribution in [-0.4, -0.2) is 24.9 Å². The van der Waals surface area contributed by atoms with Gasteiger partial charge in [-0.05, 0) is 36.5 Å². The molecule has 0 aromatic heterocycles. The van der Waals surface area contributed by atoms with E-state index in [9.17, 15) is 9.50 Å². The van der Waals surface area contributed by atoms with E-state index in [1.165, 1.54) is 19.2 Å². The van der Waals surface area contributed by atoms with Crippen LogP contribution in [0.4, 0.5) is 4.39 Å². The van der Waals surface area contributed by atoms with Gasteiger partial charge in [0.05, 0.1) is 19.8 Å². The van der Waals surface area contributed by atoms with Crippen molar-refractivity contribution in [3.8, 4) is 0 Å². The van der Waals surface area contributed by atoms with E-state index in [4.69, 9.17) is 4.89 Å². The standard InChI is InChI=1S/C13H17FO3/c1-16-17-8-10-4-7-12(15)13(10)9-2-5-11(14)6-3-9/h2-3,5-6,10,12-13,15H,4,7-8H2,1H3. The van der Waals surface area contributed by atoms with E-state index in [1.54, 1.807) is 12.1 Å². The topological polar surface area (TPSA) is 38.7 Å². The molecule has 3 unspecified atom stereocenters. The molecule has 1 aliphatic carbocycles. The smallest absolute Gasteiger partial charge is 0.123 e. The lowest BCUT2D eigenvalue weighted by atomic mass is 9.88. The van der Waals surface area contributed by atoms with E-state index < -0.39 is 0 Å². The highest BCUT2D eigenvalue weighted by Gasteiger charge is 2.36. The second kappa shape index (κ2) is 5.58. The van der Waals surface area contributed by atoms with Crippen LogP contribution in [0.15, 0.2) is 24.3 Å². The zero-order chi connectivity index (χ0) is 12.3. The first kappa shape index (κ1) is 12.5. The second-order valence-corrected chi connectivity index (χ2v) is 4.43. The number of aliphatic hydroxyl groups excluding tert-OH is 1. The van der Waals surface area contributed by atoms with Crippen LogP contribution in [0.3, 0.4) is 0 Å². The molecule has 1 fully saturated rings. The van der Waals surface area contributed by atoms with E-state index in [2.05, 4.69) is 4.89 Å². The van der Waals surface area contributed by atoms with E-state index >= 15 is 0 Å². The molecule has 0 spiro atoms. The minimum absolute atomic E-state index is 0.00532. The van der Waals surface area contributed by atoms with Crippen molar-refractivity contribution in [2.75, 3.05) is 13.7 Å². The van der Waals surface area contributed by atoms with Crippen molar-refractivity contribution in [1.82, 2.24) is 0 Å². The van der Waals surface area contributed by atoms with E-state index in [0.717, 1.165) is 18.4 Å². The minimum atomic E-state index is -0.383. The summed E-state index contributed by atoms with van der Waals surface area (Å²) >= 11 is 0. The molecule has 1 aromatic rings. The largest absolute Gasteiger partial charge is 0.392 e. The molecule has 4 heteroatoms. The van der Waals surface area contributed by atoms with Crippen LogP contribution in [-0.2, 0) is 9.78 Å². The first-order chi connectivity index (χ1) is 8.22. The lowest BCUT2D eigenvalue weighted by molar-refractivity contribution is -0.280. The Labute approximate surface area is 100 Å². The van der Waals surface area contributed by atoms with Gasteiger partial charge in [0.2, 0.25) is 0 Å². The average Bonchev–Trinajstić information content (AvgIpc) is 2.69. The summed E-state index contributed by atoms with van der Waals surface area (Å²) in [6, 6.07) is 6.31. The molecule has 1 aromatic carbocycles.